The van der Waals surface area contributed by atoms with Gasteiger partial charge in [-0.05, 0) is 24.5 Å². The van der Waals surface area contributed by atoms with Gasteiger partial charge in [0, 0.05) is 11.1 Å². The molecule has 7 heteroatoms. The first-order valence-corrected chi connectivity index (χ1v) is 15.2. The first kappa shape index (κ1) is 30.4. The average Bonchev–Trinajstić information content (AvgIpc) is 3.35. The van der Waals surface area contributed by atoms with Crippen LogP contribution in [0.3, 0.4) is 0 Å². The molecule has 0 saturated heterocycles. The van der Waals surface area contributed by atoms with Crippen molar-refractivity contribution >= 4 is 8.25 Å². The third-order valence-corrected chi connectivity index (χ3v) is 6.85. The van der Waals surface area contributed by atoms with Crippen LogP contribution in [0.5, 0.6) is 6.01 Å². The van der Waals surface area contributed by atoms with E-state index in [4.69, 9.17) is 24.1 Å². The lowest BCUT2D eigenvalue weighted by atomic mass is 9.96. The molecule has 0 unspecified atom stereocenters. The molecule has 4 aromatic rings. The number of hydrogen-bond acceptors (Lipinski definition) is 3. The van der Waals surface area contributed by atoms with Crippen molar-refractivity contribution < 1.29 is 19.1 Å². The molecule has 0 amide bonds. The van der Waals surface area contributed by atoms with Crippen LogP contribution in [0.25, 0.3) is 28.2 Å². The molecule has 0 radical (unpaired) electrons. The van der Waals surface area contributed by atoms with Crippen LogP contribution in [-0.2, 0) is 4.57 Å². The first-order chi connectivity index (χ1) is 19.0. The van der Waals surface area contributed by atoms with Gasteiger partial charge in [0.1, 0.15) is 5.69 Å². The number of para-hydroxylation sites is 1. The van der Waals surface area contributed by atoms with Crippen molar-refractivity contribution in [2.75, 3.05) is 6.61 Å². The van der Waals surface area contributed by atoms with Gasteiger partial charge in [0.15, 0.2) is 0 Å². The van der Waals surface area contributed by atoms with E-state index < -0.39 is 8.25 Å². The van der Waals surface area contributed by atoms with Crippen molar-refractivity contribution in [3.8, 4) is 34.2 Å². The third kappa shape index (κ3) is 9.50. The summed E-state index contributed by atoms with van der Waals surface area (Å²) in [6, 6.07) is 32.0. The molecule has 39 heavy (non-hydrogen) atoms. The van der Waals surface area contributed by atoms with Gasteiger partial charge in [0.05, 0.1) is 18.0 Å². The number of nitrogens with zero attached hydrogens (tertiary/aromatic N) is 2. The van der Waals surface area contributed by atoms with Gasteiger partial charge in [-0.1, -0.05) is 131 Å². The molecule has 0 saturated carbocycles. The van der Waals surface area contributed by atoms with E-state index in [1.54, 1.807) is 0 Å². The van der Waals surface area contributed by atoms with E-state index >= 15 is 0 Å². The molecule has 0 aliphatic carbocycles. The number of ether oxygens (including phenoxy) is 1. The normalized spacial score (nSPS) is 10.9. The summed E-state index contributed by atoms with van der Waals surface area (Å²) in [5.41, 5.74) is 5.27. The van der Waals surface area contributed by atoms with Crippen molar-refractivity contribution in [2.24, 2.45) is 5.92 Å². The van der Waals surface area contributed by atoms with Crippen molar-refractivity contribution in [1.29, 1.82) is 0 Å². The fraction of sp³-hybridized carbons (Fsp3) is 0.344. The van der Waals surface area contributed by atoms with E-state index in [1.807, 2.05) is 12.1 Å². The maximum Gasteiger partial charge on any atom is 0.314 e. The molecule has 3 aromatic carbocycles. The molecular weight excluding hydrogens is 507 g/mol. The number of hydrogen-bond donors (Lipinski definition) is 2. The third-order valence-electron chi connectivity index (χ3n) is 6.85. The minimum atomic E-state index is -3.13. The molecule has 0 atom stereocenters. The SMILES string of the molecule is CCC(CC)CCCCCCOc1nc(-c2ccccc2)c(-c2ccccc2)n1-c1ccccc1.O=[PH](O)O. The molecule has 1 aromatic heterocycles. The summed E-state index contributed by atoms with van der Waals surface area (Å²) < 4.78 is 17.3. The topological polar surface area (TPSA) is 84.6 Å². The van der Waals surface area contributed by atoms with Gasteiger partial charge in [-0.15, -0.1) is 0 Å². The van der Waals surface area contributed by atoms with Gasteiger partial charge < -0.3 is 14.5 Å². The monoisotopic (exact) mass is 548 g/mol. The number of unbranched alkanes of at least 4 members (excludes halogenated alkanes) is 3. The van der Waals surface area contributed by atoms with Crippen LogP contribution in [0, 0.1) is 5.92 Å². The van der Waals surface area contributed by atoms with Crippen molar-refractivity contribution in [3.05, 3.63) is 91.0 Å². The van der Waals surface area contributed by atoms with Crippen LogP contribution >= 0.6 is 8.25 Å². The Bertz CT molecular complexity index is 1240. The number of rotatable bonds is 13. The van der Waals surface area contributed by atoms with E-state index in [2.05, 4.69) is 97.3 Å². The fourth-order valence-electron chi connectivity index (χ4n) is 4.72. The first-order valence-electron chi connectivity index (χ1n) is 13.9. The molecule has 0 fully saturated rings. The van der Waals surface area contributed by atoms with Crippen LogP contribution in [0.1, 0.15) is 58.8 Å². The molecular formula is C32H41N2O4P. The second-order valence-electron chi connectivity index (χ2n) is 9.51. The maximum atomic E-state index is 8.74. The van der Waals surface area contributed by atoms with E-state index in [-0.39, 0.29) is 0 Å². The quantitative estimate of drug-likeness (QED) is 0.130. The van der Waals surface area contributed by atoms with Crippen molar-refractivity contribution in [1.82, 2.24) is 9.55 Å². The summed E-state index contributed by atoms with van der Waals surface area (Å²) in [5.74, 6) is 0.886. The molecule has 6 nitrogen and oxygen atoms in total. The molecule has 208 valence electrons. The lowest BCUT2D eigenvalue weighted by Gasteiger charge is -2.14. The van der Waals surface area contributed by atoms with E-state index in [0.717, 1.165) is 40.5 Å². The van der Waals surface area contributed by atoms with Gasteiger partial charge >= 0.3 is 14.3 Å². The zero-order valence-corrected chi connectivity index (χ0v) is 24.0. The second-order valence-corrected chi connectivity index (χ2v) is 10.1. The molecule has 2 N–H and O–H groups in total. The summed E-state index contributed by atoms with van der Waals surface area (Å²) in [4.78, 5) is 19.4. The summed E-state index contributed by atoms with van der Waals surface area (Å²) in [6.45, 7) is 5.30. The average molecular weight is 549 g/mol. The number of aromatic nitrogens is 2. The Morgan fingerprint density at radius 2 is 1.28 bits per heavy atom. The van der Waals surface area contributed by atoms with E-state index in [9.17, 15) is 0 Å². The highest BCUT2D eigenvalue weighted by Crippen LogP contribution is 2.37. The van der Waals surface area contributed by atoms with E-state index in [1.165, 1.54) is 38.5 Å². The van der Waals surface area contributed by atoms with Gasteiger partial charge in [0.2, 0.25) is 0 Å². The fourth-order valence-corrected chi connectivity index (χ4v) is 4.72. The lowest BCUT2D eigenvalue weighted by Crippen LogP contribution is -2.05. The lowest BCUT2D eigenvalue weighted by molar-refractivity contribution is 0.277. The van der Waals surface area contributed by atoms with Gasteiger partial charge in [-0.25, -0.2) is 0 Å². The molecule has 4 rings (SSSR count). The standard InChI is InChI=1S/C32H38N2O.H3O3P/c1-3-26(4-2)18-10-5-6-17-25-35-32-33-30(27-19-11-7-12-20-27)31(28-21-13-8-14-22-28)34(32)29-23-15-9-16-24-29;1-4(2)3/h7-9,11-16,19-24,26H,3-6,10,17-18,25H2,1-2H3;4H,(H2,1,2,3). The van der Waals surface area contributed by atoms with Crippen LogP contribution in [0.4, 0.5) is 0 Å². The summed E-state index contributed by atoms with van der Waals surface area (Å²) >= 11 is 0. The zero-order chi connectivity index (χ0) is 27.9. The Balaban J connectivity index is 0.000000983. The Morgan fingerprint density at radius 1 is 0.769 bits per heavy atom. The summed E-state index contributed by atoms with van der Waals surface area (Å²) in [5, 5.41) is 0. The van der Waals surface area contributed by atoms with Crippen LogP contribution < -0.4 is 4.74 Å². The smallest absolute Gasteiger partial charge is 0.314 e. The van der Waals surface area contributed by atoms with Gasteiger partial charge in [-0.3, -0.25) is 9.13 Å². The van der Waals surface area contributed by atoms with Crippen LogP contribution in [0.2, 0.25) is 0 Å². The molecule has 1 heterocycles. The van der Waals surface area contributed by atoms with Gasteiger partial charge in [-0.2, -0.15) is 4.98 Å². The molecule has 0 aliphatic rings. The highest BCUT2D eigenvalue weighted by Gasteiger charge is 2.22. The summed E-state index contributed by atoms with van der Waals surface area (Å²) in [6.07, 6.45) is 8.80. The van der Waals surface area contributed by atoms with Crippen LogP contribution in [-0.4, -0.2) is 25.9 Å². The van der Waals surface area contributed by atoms with Crippen LogP contribution in [0.15, 0.2) is 91.0 Å². The Kier molecular flexibility index (Phi) is 13.0. The minimum Gasteiger partial charge on any atom is -0.464 e. The Labute approximate surface area is 233 Å². The van der Waals surface area contributed by atoms with Crippen molar-refractivity contribution in [2.45, 2.75) is 58.8 Å². The molecule has 0 spiro atoms. The minimum absolute atomic E-state index is 0.658. The predicted octanol–water partition coefficient (Wildman–Crippen LogP) is 8.33. The molecule has 0 bridgehead atoms. The largest absolute Gasteiger partial charge is 0.464 e. The Hall–Kier alpha value is -3.18. The van der Waals surface area contributed by atoms with Gasteiger partial charge in [0.25, 0.3) is 0 Å². The second kappa shape index (κ2) is 16.7. The highest BCUT2D eigenvalue weighted by atomic mass is 31.1. The maximum absolute atomic E-state index is 8.74. The zero-order valence-electron chi connectivity index (χ0n) is 23.0. The number of benzene rings is 3. The predicted molar refractivity (Wildman–Crippen MR) is 161 cm³/mol. The van der Waals surface area contributed by atoms with Crippen molar-refractivity contribution in [3.63, 3.8) is 0 Å². The summed E-state index contributed by atoms with van der Waals surface area (Å²) in [7, 11) is -3.13. The Morgan fingerprint density at radius 3 is 1.85 bits per heavy atom. The highest BCUT2D eigenvalue weighted by molar-refractivity contribution is 7.30. The van der Waals surface area contributed by atoms with E-state index in [0.29, 0.717) is 12.6 Å². The number of imidazole rings is 1. The molecule has 0 aliphatic heterocycles.